The minimum atomic E-state index is 0.205. The predicted molar refractivity (Wildman–Crippen MR) is 106 cm³/mol. The lowest BCUT2D eigenvalue weighted by Gasteiger charge is -2.27. The van der Waals surface area contributed by atoms with Crippen molar-refractivity contribution in [2.75, 3.05) is 53.4 Å². The summed E-state index contributed by atoms with van der Waals surface area (Å²) in [6.07, 6.45) is 4.53. The van der Waals surface area contributed by atoms with E-state index >= 15 is 0 Å². The molecule has 0 spiro atoms. The van der Waals surface area contributed by atoms with Gasteiger partial charge in [0, 0.05) is 25.7 Å². The number of unbranched alkanes of at least 4 members (excludes halogenated alkanes) is 1. The highest BCUT2D eigenvalue weighted by Gasteiger charge is 2.18. The van der Waals surface area contributed by atoms with Crippen LogP contribution in [0.25, 0.3) is 0 Å². The smallest absolute Gasteiger partial charge is 0.191 e. The lowest BCUT2D eigenvalue weighted by Crippen LogP contribution is -2.42. The van der Waals surface area contributed by atoms with E-state index in [1.54, 1.807) is 7.11 Å². The first kappa shape index (κ1) is 20.6. The summed E-state index contributed by atoms with van der Waals surface area (Å²) in [6.45, 7) is 1.71. The summed E-state index contributed by atoms with van der Waals surface area (Å²) in [4.78, 5) is 6.50. The zero-order valence-electron chi connectivity index (χ0n) is 15.6. The minimum absolute atomic E-state index is 0.205. The van der Waals surface area contributed by atoms with E-state index < -0.39 is 0 Å². The summed E-state index contributed by atoms with van der Waals surface area (Å²) in [5, 5.41) is 6.81. The number of thioether (sulfide) groups is 1. The highest BCUT2D eigenvalue weighted by atomic mass is 32.2. The molecule has 1 rings (SSSR count). The molecule has 0 amide bonds. The Kier molecular flexibility index (Phi) is 10.4. The number of hydrogen-bond donors (Lipinski definition) is 2. The average Bonchev–Trinajstić information content (AvgIpc) is 2.60. The first-order chi connectivity index (χ1) is 11.6. The van der Waals surface area contributed by atoms with E-state index in [1.807, 2.05) is 37.0 Å². The van der Waals surface area contributed by atoms with Crippen LogP contribution < -0.4 is 15.4 Å². The average molecular weight is 353 g/mol. The van der Waals surface area contributed by atoms with Gasteiger partial charge in [0.1, 0.15) is 5.75 Å². The Bertz CT molecular complexity index is 494. The molecule has 0 fully saturated rings. The van der Waals surface area contributed by atoms with Crippen molar-refractivity contribution in [2.45, 2.75) is 18.9 Å². The maximum Gasteiger partial charge on any atom is 0.191 e. The summed E-state index contributed by atoms with van der Waals surface area (Å²) in [5.74, 6) is 2.98. The van der Waals surface area contributed by atoms with Crippen molar-refractivity contribution in [1.82, 2.24) is 15.5 Å². The molecule has 0 aromatic heterocycles. The van der Waals surface area contributed by atoms with Gasteiger partial charge in [-0.05, 0) is 45.0 Å². The zero-order valence-corrected chi connectivity index (χ0v) is 16.4. The van der Waals surface area contributed by atoms with Gasteiger partial charge in [0.2, 0.25) is 0 Å². The molecule has 6 heteroatoms. The van der Waals surface area contributed by atoms with Crippen molar-refractivity contribution in [3.63, 3.8) is 0 Å². The van der Waals surface area contributed by atoms with Gasteiger partial charge in [-0.2, -0.15) is 11.8 Å². The molecule has 2 N–H and O–H groups in total. The van der Waals surface area contributed by atoms with Crippen LogP contribution in [0.5, 0.6) is 5.75 Å². The Morgan fingerprint density at radius 2 is 2.00 bits per heavy atom. The van der Waals surface area contributed by atoms with E-state index in [0.717, 1.165) is 31.2 Å². The van der Waals surface area contributed by atoms with Crippen molar-refractivity contribution in [3.05, 3.63) is 29.8 Å². The Labute approximate surface area is 151 Å². The topological polar surface area (TPSA) is 48.9 Å². The number of rotatable bonds is 10. The standard InChI is InChI=1S/C18H32N4OS/c1-19-18(20-12-8-9-13-24-5)21-14-16(22(2)3)15-10-6-7-11-17(15)23-4/h6-7,10-11,16H,8-9,12-14H2,1-5H3,(H2,19,20,21). The number of methoxy groups -OCH3 is 1. The predicted octanol–water partition coefficient (Wildman–Crippen LogP) is 2.61. The molecular formula is C18H32N4OS. The molecule has 5 nitrogen and oxygen atoms in total. The van der Waals surface area contributed by atoms with Gasteiger partial charge in [-0.3, -0.25) is 4.99 Å². The van der Waals surface area contributed by atoms with Gasteiger partial charge < -0.3 is 20.3 Å². The van der Waals surface area contributed by atoms with Crippen molar-refractivity contribution < 1.29 is 4.74 Å². The van der Waals surface area contributed by atoms with E-state index in [9.17, 15) is 0 Å². The van der Waals surface area contributed by atoms with Crippen LogP contribution in [0.3, 0.4) is 0 Å². The largest absolute Gasteiger partial charge is 0.496 e. The fourth-order valence-corrected chi connectivity index (χ4v) is 3.00. The van der Waals surface area contributed by atoms with Crippen LogP contribution in [0.1, 0.15) is 24.4 Å². The maximum atomic E-state index is 5.51. The van der Waals surface area contributed by atoms with Crippen molar-refractivity contribution in [3.8, 4) is 5.75 Å². The maximum absolute atomic E-state index is 5.51. The normalized spacial score (nSPS) is 13.0. The lowest BCUT2D eigenvalue weighted by molar-refractivity contribution is 0.287. The quantitative estimate of drug-likeness (QED) is 0.385. The number of benzene rings is 1. The number of likely N-dealkylation sites (N-methyl/N-ethyl adjacent to an activating group) is 1. The van der Waals surface area contributed by atoms with Gasteiger partial charge in [-0.1, -0.05) is 18.2 Å². The van der Waals surface area contributed by atoms with Crippen molar-refractivity contribution >= 4 is 17.7 Å². The highest BCUT2D eigenvalue weighted by Crippen LogP contribution is 2.27. The number of guanidine groups is 1. The summed E-state index contributed by atoms with van der Waals surface area (Å²) in [5.41, 5.74) is 1.17. The molecule has 0 saturated carbocycles. The van der Waals surface area contributed by atoms with Gasteiger partial charge in [-0.15, -0.1) is 0 Å². The molecule has 24 heavy (non-hydrogen) atoms. The molecule has 136 valence electrons. The molecule has 1 aromatic rings. The molecule has 0 aliphatic rings. The Balaban J connectivity index is 2.59. The fourth-order valence-electron chi connectivity index (χ4n) is 2.50. The Morgan fingerprint density at radius 1 is 1.25 bits per heavy atom. The second kappa shape index (κ2) is 12.0. The third kappa shape index (κ3) is 7.01. The Morgan fingerprint density at radius 3 is 2.62 bits per heavy atom. The first-order valence-electron chi connectivity index (χ1n) is 8.36. The van der Waals surface area contributed by atoms with Crippen LogP contribution in [0.15, 0.2) is 29.3 Å². The fraction of sp³-hybridized carbons (Fsp3) is 0.611. The van der Waals surface area contributed by atoms with Gasteiger partial charge in [-0.25, -0.2) is 0 Å². The van der Waals surface area contributed by atoms with Crippen LogP contribution >= 0.6 is 11.8 Å². The first-order valence-corrected chi connectivity index (χ1v) is 9.76. The van der Waals surface area contributed by atoms with Gasteiger partial charge in [0.05, 0.1) is 13.2 Å². The van der Waals surface area contributed by atoms with Gasteiger partial charge >= 0.3 is 0 Å². The number of nitrogens with one attached hydrogen (secondary N) is 2. The monoisotopic (exact) mass is 352 g/mol. The van der Waals surface area contributed by atoms with Gasteiger partial charge in [0.25, 0.3) is 0 Å². The highest BCUT2D eigenvalue weighted by molar-refractivity contribution is 7.98. The van der Waals surface area contributed by atoms with E-state index in [0.29, 0.717) is 0 Å². The van der Waals surface area contributed by atoms with Crippen LogP contribution in [-0.2, 0) is 0 Å². The van der Waals surface area contributed by atoms with E-state index in [1.165, 1.54) is 17.7 Å². The lowest BCUT2D eigenvalue weighted by atomic mass is 10.0. The summed E-state index contributed by atoms with van der Waals surface area (Å²) in [7, 11) is 7.69. The second-order valence-corrected chi connectivity index (χ2v) is 6.79. The number of para-hydroxylation sites is 1. The third-order valence-electron chi connectivity index (χ3n) is 3.88. The van der Waals surface area contributed by atoms with Crippen LogP contribution in [-0.4, -0.2) is 64.2 Å². The Hall–Kier alpha value is -1.40. The summed E-state index contributed by atoms with van der Waals surface area (Å²) < 4.78 is 5.51. The van der Waals surface area contributed by atoms with Crippen molar-refractivity contribution in [1.29, 1.82) is 0 Å². The van der Waals surface area contributed by atoms with Gasteiger partial charge in [0.15, 0.2) is 5.96 Å². The molecule has 0 aliphatic heterocycles. The van der Waals surface area contributed by atoms with Crippen LogP contribution in [0.2, 0.25) is 0 Å². The molecule has 0 saturated heterocycles. The molecule has 0 heterocycles. The van der Waals surface area contributed by atoms with Crippen molar-refractivity contribution in [2.24, 2.45) is 4.99 Å². The molecule has 0 radical (unpaired) electrons. The van der Waals surface area contributed by atoms with E-state index in [-0.39, 0.29) is 6.04 Å². The van der Waals surface area contributed by atoms with E-state index in [2.05, 4.69) is 46.9 Å². The molecule has 1 unspecified atom stereocenters. The van der Waals surface area contributed by atoms with Crippen LogP contribution in [0.4, 0.5) is 0 Å². The zero-order chi connectivity index (χ0) is 17.8. The molecule has 0 aliphatic carbocycles. The molecule has 0 bridgehead atoms. The van der Waals surface area contributed by atoms with Crippen LogP contribution in [0, 0.1) is 0 Å². The summed E-state index contributed by atoms with van der Waals surface area (Å²) >= 11 is 1.89. The summed E-state index contributed by atoms with van der Waals surface area (Å²) in [6, 6.07) is 8.37. The molecular weight excluding hydrogens is 320 g/mol. The molecule has 1 atom stereocenters. The number of hydrogen-bond acceptors (Lipinski definition) is 4. The minimum Gasteiger partial charge on any atom is -0.496 e. The number of aliphatic imine (C=N–C) groups is 1. The second-order valence-electron chi connectivity index (χ2n) is 5.80. The number of ether oxygens (including phenoxy) is 1. The van der Waals surface area contributed by atoms with E-state index in [4.69, 9.17) is 4.74 Å². The SMILES string of the molecule is CN=C(NCCCCSC)NCC(c1ccccc1OC)N(C)C. The number of nitrogens with zero attached hydrogens (tertiary/aromatic N) is 2. The third-order valence-corrected chi connectivity index (χ3v) is 4.57. The molecule has 1 aromatic carbocycles.